The van der Waals surface area contributed by atoms with Crippen LogP contribution in [0.5, 0.6) is 0 Å². The number of rotatable bonds is 4. The third-order valence-corrected chi connectivity index (χ3v) is 2.14. The first-order valence-electron chi connectivity index (χ1n) is 4.63. The zero-order valence-corrected chi connectivity index (χ0v) is 8.43. The van der Waals surface area contributed by atoms with E-state index in [1.807, 2.05) is 6.07 Å². The number of likely N-dealkylation sites (N-methyl/N-ethyl adjacent to an activating group) is 1. The molecular weight excluding hydrogens is 194 g/mol. The monoisotopic (exact) mass is 207 g/mol. The average molecular weight is 207 g/mol. The Bertz CT molecular complexity index is 348. The van der Waals surface area contributed by atoms with E-state index < -0.39 is 11.9 Å². The minimum absolute atomic E-state index is 0.191. The summed E-state index contributed by atoms with van der Waals surface area (Å²) in [5.41, 5.74) is 0.722. The fourth-order valence-corrected chi connectivity index (χ4v) is 1.40. The number of amides is 1. The van der Waals surface area contributed by atoms with E-state index in [4.69, 9.17) is 5.11 Å². The van der Waals surface area contributed by atoms with Gasteiger partial charge in [0.2, 0.25) is 5.91 Å². The molecule has 0 fully saturated rings. The summed E-state index contributed by atoms with van der Waals surface area (Å²) in [5.74, 6) is -1.87. The Morgan fingerprint density at radius 1 is 1.33 bits per heavy atom. The highest BCUT2D eigenvalue weighted by atomic mass is 16.4. The number of nitrogens with one attached hydrogen (secondary N) is 1. The fourth-order valence-electron chi connectivity index (χ4n) is 1.40. The Morgan fingerprint density at radius 3 is 2.40 bits per heavy atom. The van der Waals surface area contributed by atoms with Crippen LogP contribution in [-0.4, -0.2) is 24.0 Å². The lowest BCUT2D eigenvalue weighted by Crippen LogP contribution is -2.27. The van der Waals surface area contributed by atoms with Gasteiger partial charge in [-0.1, -0.05) is 30.3 Å². The summed E-state index contributed by atoms with van der Waals surface area (Å²) in [7, 11) is 1.50. The molecule has 1 atom stereocenters. The molecule has 0 aromatic heterocycles. The summed E-state index contributed by atoms with van der Waals surface area (Å²) in [6.07, 6.45) is -0.191. The van der Waals surface area contributed by atoms with Gasteiger partial charge in [0.05, 0.1) is 12.3 Å². The number of carbonyl (C=O) groups is 2. The number of carboxylic acids is 1. The van der Waals surface area contributed by atoms with Gasteiger partial charge in [-0.15, -0.1) is 0 Å². The van der Waals surface area contributed by atoms with E-state index in [-0.39, 0.29) is 12.3 Å². The van der Waals surface area contributed by atoms with Crippen molar-refractivity contribution in [2.75, 3.05) is 7.05 Å². The molecule has 0 aliphatic heterocycles. The van der Waals surface area contributed by atoms with Gasteiger partial charge < -0.3 is 10.4 Å². The lowest BCUT2D eigenvalue weighted by molar-refractivity contribution is -0.139. The Labute approximate surface area is 87.9 Å². The summed E-state index contributed by atoms with van der Waals surface area (Å²) in [4.78, 5) is 22.1. The number of carboxylic acid groups (broad SMARTS) is 1. The number of hydrogen-bond acceptors (Lipinski definition) is 2. The molecule has 4 nitrogen and oxygen atoms in total. The zero-order chi connectivity index (χ0) is 11.3. The van der Waals surface area contributed by atoms with Crippen molar-refractivity contribution in [2.45, 2.75) is 12.3 Å². The molecular formula is C11H13NO3. The minimum Gasteiger partial charge on any atom is -0.481 e. The molecule has 4 heteroatoms. The maximum Gasteiger partial charge on any atom is 0.304 e. The number of aliphatic carboxylic acids is 1. The number of benzene rings is 1. The third-order valence-electron chi connectivity index (χ3n) is 2.14. The summed E-state index contributed by atoms with van der Waals surface area (Å²) < 4.78 is 0. The molecule has 0 bridgehead atoms. The van der Waals surface area contributed by atoms with Crippen molar-refractivity contribution in [1.29, 1.82) is 0 Å². The predicted octanol–water partition coefficient (Wildman–Crippen LogP) is 0.991. The second-order valence-electron chi connectivity index (χ2n) is 3.18. The quantitative estimate of drug-likeness (QED) is 0.773. The fraction of sp³-hybridized carbons (Fsp3) is 0.273. The number of hydrogen-bond donors (Lipinski definition) is 2. The van der Waals surface area contributed by atoms with Crippen molar-refractivity contribution in [3.8, 4) is 0 Å². The molecule has 1 rings (SSSR count). The van der Waals surface area contributed by atoms with Gasteiger partial charge in [0.25, 0.3) is 0 Å². The van der Waals surface area contributed by atoms with Crippen molar-refractivity contribution < 1.29 is 14.7 Å². The highest BCUT2D eigenvalue weighted by Crippen LogP contribution is 2.19. The first-order valence-corrected chi connectivity index (χ1v) is 4.63. The smallest absolute Gasteiger partial charge is 0.304 e. The van der Waals surface area contributed by atoms with Crippen LogP contribution in [0.3, 0.4) is 0 Å². The van der Waals surface area contributed by atoms with E-state index >= 15 is 0 Å². The van der Waals surface area contributed by atoms with Crippen molar-refractivity contribution >= 4 is 11.9 Å². The highest BCUT2D eigenvalue weighted by molar-refractivity contribution is 5.87. The van der Waals surface area contributed by atoms with Gasteiger partial charge in [0.15, 0.2) is 0 Å². The standard InChI is InChI=1S/C11H13NO3/c1-12-11(15)9(7-10(13)14)8-5-3-2-4-6-8/h2-6,9H,7H2,1H3,(H,12,15)(H,13,14). The molecule has 0 spiro atoms. The molecule has 2 N–H and O–H groups in total. The molecule has 1 aromatic rings. The lowest BCUT2D eigenvalue weighted by atomic mass is 9.95. The van der Waals surface area contributed by atoms with Crippen LogP contribution in [0.2, 0.25) is 0 Å². The highest BCUT2D eigenvalue weighted by Gasteiger charge is 2.22. The molecule has 0 saturated heterocycles. The van der Waals surface area contributed by atoms with Gasteiger partial charge >= 0.3 is 5.97 Å². The normalized spacial score (nSPS) is 11.8. The molecule has 1 aromatic carbocycles. The Hall–Kier alpha value is -1.84. The Balaban J connectivity index is 2.91. The molecule has 0 aliphatic carbocycles. The van der Waals surface area contributed by atoms with Gasteiger partial charge in [-0.05, 0) is 5.56 Å². The zero-order valence-electron chi connectivity index (χ0n) is 8.43. The largest absolute Gasteiger partial charge is 0.481 e. The SMILES string of the molecule is CNC(=O)C(CC(=O)O)c1ccccc1. The third kappa shape index (κ3) is 3.09. The lowest BCUT2D eigenvalue weighted by Gasteiger charge is -2.13. The first kappa shape index (κ1) is 11.2. The van der Waals surface area contributed by atoms with Crippen LogP contribution in [0.15, 0.2) is 30.3 Å². The Kier molecular flexibility index (Phi) is 3.85. The topological polar surface area (TPSA) is 66.4 Å². The van der Waals surface area contributed by atoms with Gasteiger partial charge in [-0.25, -0.2) is 0 Å². The van der Waals surface area contributed by atoms with Crippen molar-refractivity contribution in [2.24, 2.45) is 0 Å². The molecule has 0 aliphatic rings. The molecule has 80 valence electrons. The van der Waals surface area contributed by atoms with E-state index in [0.717, 1.165) is 5.56 Å². The molecule has 0 radical (unpaired) electrons. The summed E-state index contributed by atoms with van der Waals surface area (Å²) in [5, 5.41) is 11.2. The van der Waals surface area contributed by atoms with Gasteiger partial charge in [-0.3, -0.25) is 9.59 Å². The van der Waals surface area contributed by atoms with Crippen molar-refractivity contribution in [1.82, 2.24) is 5.32 Å². The van der Waals surface area contributed by atoms with Crippen LogP contribution in [0, 0.1) is 0 Å². The predicted molar refractivity (Wildman–Crippen MR) is 55.5 cm³/mol. The number of carbonyl (C=O) groups excluding carboxylic acids is 1. The van der Waals surface area contributed by atoms with E-state index in [1.54, 1.807) is 24.3 Å². The minimum atomic E-state index is -0.979. The van der Waals surface area contributed by atoms with E-state index in [1.165, 1.54) is 7.05 Å². The van der Waals surface area contributed by atoms with Crippen molar-refractivity contribution in [3.63, 3.8) is 0 Å². The average Bonchev–Trinajstić information content (AvgIpc) is 2.26. The maximum absolute atomic E-state index is 11.5. The molecule has 0 heterocycles. The molecule has 0 saturated carbocycles. The van der Waals surface area contributed by atoms with Crippen LogP contribution in [-0.2, 0) is 9.59 Å². The van der Waals surface area contributed by atoms with Crippen molar-refractivity contribution in [3.05, 3.63) is 35.9 Å². The van der Waals surface area contributed by atoms with Gasteiger partial charge in [0.1, 0.15) is 0 Å². The van der Waals surface area contributed by atoms with Gasteiger partial charge in [0, 0.05) is 7.05 Å². The maximum atomic E-state index is 11.5. The summed E-state index contributed by atoms with van der Waals surface area (Å²) >= 11 is 0. The van der Waals surface area contributed by atoms with Gasteiger partial charge in [-0.2, -0.15) is 0 Å². The van der Waals surface area contributed by atoms with Crippen LogP contribution >= 0.6 is 0 Å². The molecule has 1 unspecified atom stereocenters. The molecule has 1 amide bonds. The van der Waals surface area contributed by atoms with E-state index in [2.05, 4.69) is 5.32 Å². The summed E-state index contributed by atoms with van der Waals surface area (Å²) in [6.45, 7) is 0. The Morgan fingerprint density at radius 2 is 1.93 bits per heavy atom. The van der Waals surface area contributed by atoms with Crippen LogP contribution in [0.4, 0.5) is 0 Å². The first-order chi connectivity index (χ1) is 7.15. The second kappa shape index (κ2) is 5.14. The second-order valence-corrected chi connectivity index (χ2v) is 3.18. The van der Waals surface area contributed by atoms with E-state index in [0.29, 0.717) is 0 Å². The van der Waals surface area contributed by atoms with Crippen LogP contribution in [0.25, 0.3) is 0 Å². The van der Waals surface area contributed by atoms with Crippen LogP contribution in [0.1, 0.15) is 17.9 Å². The van der Waals surface area contributed by atoms with Crippen LogP contribution < -0.4 is 5.32 Å². The van der Waals surface area contributed by atoms with E-state index in [9.17, 15) is 9.59 Å². The summed E-state index contributed by atoms with van der Waals surface area (Å²) in [6, 6.07) is 8.90. The molecule has 15 heavy (non-hydrogen) atoms.